The van der Waals surface area contributed by atoms with Crippen molar-refractivity contribution in [3.63, 3.8) is 0 Å². The Bertz CT molecular complexity index is 511. The fraction of sp³-hybridized carbons (Fsp3) is 0.167. The molecule has 0 aliphatic carbocycles. The molecule has 0 saturated carbocycles. The number of anilines is 1. The molecule has 4 heteroatoms. The number of nitrogen functional groups attached to an aromatic ring is 1. The minimum absolute atomic E-state index is 0.734. The van der Waals surface area contributed by atoms with Crippen LogP contribution in [0.3, 0.4) is 0 Å². The van der Waals surface area contributed by atoms with E-state index in [1.165, 1.54) is 17.3 Å². The van der Waals surface area contributed by atoms with E-state index in [-0.39, 0.29) is 0 Å². The molecule has 2 N–H and O–H groups in total. The summed E-state index contributed by atoms with van der Waals surface area (Å²) in [5.74, 6) is 0. The summed E-state index contributed by atoms with van der Waals surface area (Å²) < 4.78 is 0. The van der Waals surface area contributed by atoms with Gasteiger partial charge in [-0.05, 0) is 49.4 Å². The highest BCUT2D eigenvalue weighted by atomic mass is 32.2. The maximum absolute atomic E-state index is 5.90. The highest BCUT2D eigenvalue weighted by molar-refractivity contribution is 7.99. The monoisotopic (exact) mass is 231 g/mol. The molecular weight excluding hydrogens is 218 g/mol. The minimum atomic E-state index is 0.734. The van der Waals surface area contributed by atoms with E-state index >= 15 is 0 Å². The molecule has 0 aliphatic heterocycles. The highest BCUT2D eigenvalue weighted by Crippen LogP contribution is 2.30. The van der Waals surface area contributed by atoms with Gasteiger partial charge in [0.25, 0.3) is 0 Å². The highest BCUT2D eigenvalue weighted by Gasteiger charge is 2.04. The van der Waals surface area contributed by atoms with Crippen LogP contribution in [0.1, 0.15) is 11.3 Å². The second-order valence-corrected chi connectivity index (χ2v) is 4.63. The summed E-state index contributed by atoms with van der Waals surface area (Å²) in [5.41, 5.74) is 8.81. The van der Waals surface area contributed by atoms with E-state index < -0.39 is 0 Å². The summed E-state index contributed by atoms with van der Waals surface area (Å²) in [6.07, 6.45) is 1.76. The Morgan fingerprint density at radius 2 is 2.00 bits per heavy atom. The maximum Gasteiger partial charge on any atom is 0.192 e. The molecule has 0 amide bonds. The lowest BCUT2D eigenvalue weighted by molar-refractivity contribution is 0.932. The fourth-order valence-electron chi connectivity index (χ4n) is 1.30. The summed E-state index contributed by atoms with van der Waals surface area (Å²) in [4.78, 5) is 9.54. The molecule has 0 fully saturated rings. The van der Waals surface area contributed by atoms with Crippen molar-refractivity contribution in [3.05, 3.63) is 41.7 Å². The van der Waals surface area contributed by atoms with Crippen LogP contribution < -0.4 is 5.73 Å². The van der Waals surface area contributed by atoms with Gasteiger partial charge < -0.3 is 5.73 Å². The number of benzene rings is 1. The Kier molecular flexibility index (Phi) is 3.10. The van der Waals surface area contributed by atoms with E-state index in [1.54, 1.807) is 6.20 Å². The van der Waals surface area contributed by atoms with Gasteiger partial charge in [-0.15, -0.1) is 0 Å². The Morgan fingerprint density at radius 3 is 2.75 bits per heavy atom. The number of hydrogen-bond donors (Lipinski definition) is 1. The summed E-state index contributed by atoms with van der Waals surface area (Å²) >= 11 is 1.50. The van der Waals surface area contributed by atoms with Gasteiger partial charge in [-0.2, -0.15) is 0 Å². The number of nitrogens with two attached hydrogens (primary N) is 1. The summed E-state index contributed by atoms with van der Waals surface area (Å²) in [5, 5.41) is 0.734. The van der Waals surface area contributed by atoms with Crippen molar-refractivity contribution >= 4 is 17.4 Å². The first-order valence-corrected chi connectivity index (χ1v) is 5.80. The first-order chi connectivity index (χ1) is 7.65. The van der Waals surface area contributed by atoms with Gasteiger partial charge in [0.2, 0.25) is 0 Å². The molecule has 3 nitrogen and oxygen atoms in total. The van der Waals surface area contributed by atoms with Gasteiger partial charge in [-0.1, -0.05) is 6.07 Å². The molecule has 1 aromatic heterocycles. The zero-order chi connectivity index (χ0) is 11.5. The van der Waals surface area contributed by atoms with Crippen LogP contribution in [0.25, 0.3) is 0 Å². The summed E-state index contributed by atoms with van der Waals surface area (Å²) in [7, 11) is 0. The van der Waals surface area contributed by atoms with Crippen LogP contribution in [0.15, 0.2) is 40.5 Å². The molecule has 0 unspecified atom stereocenters. The Labute approximate surface area is 99.1 Å². The molecule has 0 atom stereocenters. The average molecular weight is 231 g/mol. The third-order valence-corrected chi connectivity index (χ3v) is 3.10. The number of hydrogen-bond acceptors (Lipinski definition) is 4. The maximum atomic E-state index is 5.90. The van der Waals surface area contributed by atoms with Gasteiger partial charge in [0.15, 0.2) is 5.16 Å². The van der Waals surface area contributed by atoms with E-state index in [0.717, 1.165) is 21.4 Å². The smallest absolute Gasteiger partial charge is 0.192 e. The van der Waals surface area contributed by atoms with E-state index in [1.807, 2.05) is 38.1 Å². The molecule has 2 aromatic rings. The van der Waals surface area contributed by atoms with Crippen LogP contribution >= 0.6 is 11.8 Å². The summed E-state index contributed by atoms with van der Waals surface area (Å²) in [6.45, 7) is 3.99. The van der Waals surface area contributed by atoms with Gasteiger partial charge in [-0.25, -0.2) is 9.97 Å². The van der Waals surface area contributed by atoms with Crippen LogP contribution in [0.4, 0.5) is 5.69 Å². The van der Waals surface area contributed by atoms with Crippen molar-refractivity contribution in [1.82, 2.24) is 9.97 Å². The van der Waals surface area contributed by atoms with Crippen LogP contribution in [0, 0.1) is 13.8 Å². The van der Waals surface area contributed by atoms with Crippen LogP contribution in [0.5, 0.6) is 0 Å². The SMILES string of the molecule is Cc1ccc(N)c(Sc2nccc(C)n2)c1. The zero-order valence-electron chi connectivity index (χ0n) is 9.27. The van der Waals surface area contributed by atoms with E-state index in [0.29, 0.717) is 0 Å². The van der Waals surface area contributed by atoms with Gasteiger partial charge in [0.1, 0.15) is 0 Å². The first kappa shape index (κ1) is 11.0. The van der Waals surface area contributed by atoms with E-state index in [2.05, 4.69) is 9.97 Å². The van der Waals surface area contributed by atoms with Crippen LogP contribution in [-0.2, 0) is 0 Å². The van der Waals surface area contributed by atoms with Crippen molar-refractivity contribution in [2.75, 3.05) is 5.73 Å². The first-order valence-electron chi connectivity index (χ1n) is 4.99. The molecule has 0 saturated heterocycles. The molecule has 2 rings (SSSR count). The van der Waals surface area contributed by atoms with Crippen molar-refractivity contribution in [1.29, 1.82) is 0 Å². The van der Waals surface area contributed by atoms with Crippen molar-refractivity contribution in [2.45, 2.75) is 23.9 Å². The predicted octanol–water partition coefficient (Wildman–Crippen LogP) is 2.83. The van der Waals surface area contributed by atoms with Crippen LogP contribution in [-0.4, -0.2) is 9.97 Å². The molecular formula is C12H13N3S. The Morgan fingerprint density at radius 1 is 1.19 bits per heavy atom. The number of aryl methyl sites for hydroxylation is 2. The molecule has 1 heterocycles. The lowest BCUT2D eigenvalue weighted by atomic mass is 10.2. The molecule has 82 valence electrons. The van der Waals surface area contributed by atoms with Gasteiger partial charge in [0.05, 0.1) is 0 Å². The minimum Gasteiger partial charge on any atom is -0.398 e. The quantitative estimate of drug-likeness (QED) is 0.638. The fourth-order valence-corrected chi connectivity index (χ4v) is 2.23. The number of aromatic nitrogens is 2. The van der Waals surface area contributed by atoms with E-state index in [4.69, 9.17) is 5.73 Å². The topological polar surface area (TPSA) is 51.8 Å². The zero-order valence-corrected chi connectivity index (χ0v) is 10.1. The van der Waals surface area contributed by atoms with Gasteiger partial charge >= 0.3 is 0 Å². The molecule has 0 spiro atoms. The molecule has 0 aliphatic rings. The molecule has 0 bridgehead atoms. The van der Waals surface area contributed by atoms with Gasteiger partial charge in [0, 0.05) is 22.5 Å². The number of nitrogens with zero attached hydrogens (tertiary/aromatic N) is 2. The normalized spacial score (nSPS) is 10.4. The lowest BCUT2D eigenvalue weighted by Crippen LogP contribution is -1.92. The van der Waals surface area contributed by atoms with Crippen LogP contribution in [0.2, 0.25) is 0 Å². The Balaban J connectivity index is 2.30. The molecule has 16 heavy (non-hydrogen) atoms. The van der Waals surface area contributed by atoms with Gasteiger partial charge in [-0.3, -0.25) is 0 Å². The predicted molar refractivity (Wildman–Crippen MR) is 66.5 cm³/mol. The lowest BCUT2D eigenvalue weighted by Gasteiger charge is -2.05. The summed E-state index contributed by atoms with van der Waals surface area (Å²) in [6, 6.07) is 7.83. The standard InChI is InChI=1S/C12H13N3S/c1-8-3-4-10(13)11(7-8)16-12-14-6-5-9(2)15-12/h3-7H,13H2,1-2H3. The van der Waals surface area contributed by atoms with Crippen molar-refractivity contribution < 1.29 is 0 Å². The van der Waals surface area contributed by atoms with E-state index in [9.17, 15) is 0 Å². The largest absolute Gasteiger partial charge is 0.398 e. The second kappa shape index (κ2) is 4.53. The number of rotatable bonds is 2. The van der Waals surface area contributed by atoms with Crippen molar-refractivity contribution in [3.8, 4) is 0 Å². The Hall–Kier alpha value is -1.55. The third kappa shape index (κ3) is 2.52. The second-order valence-electron chi connectivity index (χ2n) is 3.62. The molecule has 1 aromatic carbocycles. The molecule has 0 radical (unpaired) electrons. The third-order valence-electron chi connectivity index (χ3n) is 2.14. The average Bonchev–Trinajstić information content (AvgIpc) is 2.24. The van der Waals surface area contributed by atoms with Crippen molar-refractivity contribution in [2.24, 2.45) is 0 Å².